The SMILES string of the molecule is CCCCCCCCCCCC1C(=O)C(C)=CCC=C(C)C1=O. The van der Waals surface area contributed by atoms with Crippen molar-refractivity contribution in [3.05, 3.63) is 23.3 Å². The lowest BCUT2D eigenvalue weighted by Crippen LogP contribution is -2.26. The normalized spacial score (nSPS) is 19.2. The molecule has 0 bridgehead atoms. The average Bonchev–Trinajstić information content (AvgIpc) is 2.54. The summed E-state index contributed by atoms with van der Waals surface area (Å²) in [6.07, 6.45) is 16.6. The Kier molecular flexibility index (Phi) is 9.82. The highest BCUT2D eigenvalue weighted by molar-refractivity contribution is 6.15. The molecule has 0 spiro atoms. The van der Waals surface area contributed by atoms with Gasteiger partial charge in [0.15, 0.2) is 11.6 Å². The van der Waals surface area contributed by atoms with Gasteiger partial charge in [0.25, 0.3) is 0 Å². The van der Waals surface area contributed by atoms with Crippen molar-refractivity contribution in [1.29, 1.82) is 0 Å². The van der Waals surface area contributed by atoms with E-state index in [-0.39, 0.29) is 11.6 Å². The number of hydrogen-bond donors (Lipinski definition) is 0. The fourth-order valence-electron chi connectivity index (χ4n) is 3.20. The number of carbonyl (C=O) groups excluding carboxylic acids is 2. The molecule has 0 amide bonds. The van der Waals surface area contributed by atoms with E-state index in [0.29, 0.717) is 12.8 Å². The minimum Gasteiger partial charge on any atom is -0.294 e. The summed E-state index contributed by atoms with van der Waals surface area (Å²) in [5.41, 5.74) is 1.51. The van der Waals surface area contributed by atoms with Crippen LogP contribution in [0.15, 0.2) is 23.3 Å². The zero-order valence-corrected chi connectivity index (χ0v) is 15.3. The van der Waals surface area contributed by atoms with Crippen molar-refractivity contribution in [2.75, 3.05) is 0 Å². The zero-order valence-electron chi connectivity index (χ0n) is 15.3. The predicted octanol–water partition coefficient (Wildman–Crippen LogP) is 5.96. The van der Waals surface area contributed by atoms with Gasteiger partial charge >= 0.3 is 0 Å². The summed E-state index contributed by atoms with van der Waals surface area (Å²) in [4.78, 5) is 24.8. The molecule has 0 heterocycles. The molecular weight excluding hydrogens is 284 g/mol. The number of carbonyl (C=O) groups is 2. The topological polar surface area (TPSA) is 34.1 Å². The first-order valence-corrected chi connectivity index (χ1v) is 9.49. The number of hydrogen-bond acceptors (Lipinski definition) is 2. The quantitative estimate of drug-likeness (QED) is 0.368. The molecule has 130 valence electrons. The monoisotopic (exact) mass is 318 g/mol. The predicted molar refractivity (Wildman–Crippen MR) is 97.5 cm³/mol. The van der Waals surface area contributed by atoms with Crippen LogP contribution in [0.2, 0.25) is 0 Å². The van der Waals surface area contributed by atoms with Crippen molar-refractivity contribution in [3.63, 3.8) is 0 Å². The Hall–Kier alpha value is -1.18. The van der Waals surface area contributed by atoms with E-state index in [1.165, 1.54) is 44.9 Å². The molecular formula is C21H34O2. The highest BCUT2D eigenvalue weighted by Gasteiger charge is 2.28. The Balaban J connectivity index is 2.30. The van der Waals surface area contributed by atoms with Gasteiger partial charge in [-0.15, -0.1) is 0 Å². The first-order chi connectivity index (χ1) is 11.1. The summed E-state index contributed by atoms with van der Waals surface area (Å²) in [6.45, 7) is 5.92. The second kappa shape index (κ2) is 11.4. The molecule has 0 N–H and O–H groups in total. The van der Waals surface area contributed by atoms with Crippen LogP contribution in [-0.2, 0) is 9.59 Å². The van der Waals surface area contributed by atoms with Crippen LogP contribution < -0.4 is 0 Å². The lowest BCUT2D eigenvalue weighted by Gasteiger charge is -2.17. The van der Waals surface area contributed by atoms with Crippen molar-refractivity contribution in [2.45, 2.75) is 91.4 Å². The van der Waals surface area contributed by atoms with E-state index in [4.69, 9.17) is 0 Å². The van der Waals surface area contributed by atoms with Crippen molar-refractivity contribution >= 4 is 11.6 Å². The van der Waals surface area contributed by atoms with Gasteiger partial charge in [-0.25, -0.2) is 0 Å². The first kappa shape index (κ1) is 19.9. The van der Waals surface area contributed by atoms with E-state index in [2.05, 4.69) is 6.92 Å². The number of allylic oxidation sites excluding steroid dienone is 4. The fraction of sp³-hybridized carbons (Fsp3) is 0.714. The lowest BCUT2D eigenvalue weighted by atomic mass is 9.84. The third-order valence-electron chi connectivity index (χ3n) is 4.85. The van der Waals surface area contributed by atoms with E-state index < -0.39 is 5.92 Å². The third kappa shape index (κ3) is 7.28. The molecule has 1 aliphatic rings. The minimum absolute atomic E-state index is 0.0435. The summed E-state index contributed by atoms with van der Waals surface area (Å²) in [5, 5.41) is 0. The smallest absolute Gasteiger partial charge is 0.169 e. The molecule has 0 radical (unpaired) electrons. The van der Waals surface area contributed by atoms with Gasteiger partial charge in [-0.3, -0.25) is 9.59 Å². The number of ketones is 2. The largest absolute Gasteiger partial charge is 0.294 e. The van der Waals surface area contributed by atoms with Crippen molar-refractivity contribution in [1.82, 2.24) is 0 Å². The molecule has 0 saturated heterocycles. The van der Waals surface area contributed by atoms with Gasteiger partial charge in [-0.2, -0.15) is 0 Å². The molecule has 0 aromatic rings. The third-order valence-corrected chi connectivity index (χ3v) is 4.85. The summed E-state index contributed by atoms with van der Waals surface area (Å²) in [6, 6.07) is 0. The highest BCUT2D eigenvalue weighted by atomic mass is 16.2. The van der Waals surface area contributed by atoms with Gasteiger partial charge in [0, 0.05) is 0 Å². The maximum atomic E-state index is 12.4. The van der Waals surface area contributed by atoms with Gasteiger partial charge in [-0.05, 0) is 37.8 Å². The van der Waals surface area contributed by atoms with E-state index in [1.807, 2.05) is 26.0 Å². The summed E-state index contributed by atoms with van der Waals surface area (Å²) in [5.74, 6) is -0.351. The molecule has 0 aromatic carbocycles. The summed E-state index contributed by atoms with van der Waals surface area (Å²) < 4.78 is 0. The van der Waals surface area contributed by atoms with Gasteiger partial charge in [0.2, 0.25) is 0 Å². The molecule has 0 aromatic heterocycles. The molecule has 1 aliphatic carbocycles. The van der Waals surface area contributed by atoms with Crippen molar-refractivity contribution in [2.24, 2.45) is 5.92 Å². The van der Waals surface area contributed by atoms with Gasteiger partial charge < -0.3 is 0 Å². The second-order valence-electron chi connectivity index (χ2n) is 6.91. The molecule has 2 heteroatoms. The van der Waals surface area contributed by atoms with Crippen molar-refractivity contribution in [3.8, 4) is 0 Å². The highest BCUT2D eigenvalue weighted by Crippen LogP contribution is 2.23. The second-order valence-corrected chi connectivity index (χ2v) is 6.91. The van der Waals surface area contributed by atoms with Crippen LogP contribution in [0.1, 0.15) is 91.4 Å². The van der Waals surface area contributed by atoms with Crippen LogP contribution in [-0.4, -0.2) is 11.6 Å². The van der Waals surface area contributed by atoms with Gasteiger partial charge in [0.05, 0.1) is 5.92 Å². The van der Waals surface area contributed by atoms with Crippen LogP contribution in [0.5, 0.6) is 0 Å². The van der Waals surface area contributed by atoms with Crippen LogP contribution >= 0.6 is 0 Å². The summed E-state index contributed by atoms with van der Waals surface area (Å²) in [7, 11) is 0. The molecule has 0 saturated carbocycles. The van der Waals surface area contributed by atoms with E-state index >= 15 is 0 Å². The van der Waals surface area contributed by atoms with Gasteiger partial charge in [-0.1, -0.05) is 76.9 Å². The van der Waals surface area contributed by atoms with E-state index in [0.717, 1.165) is 24.0 Å². The number of unbranched alkanes of at least 4 members (excludes halogenated alkanes) is 8. The van der Waals surface area contributed by atoms with Crippen LogP contribution in [0.25, 0.3) is 0 Å². The lowest BCUT2D eigenvalue weighted by molar-refractivity contribution is -0.128. The van der Waals surface area contributed by atoms with Crippen LogP contribution in [0, 0.1) is 5.92 Å². The van der Waals surface area contributed by atoms with E-state index in [1.54, 1.807) is 0 Å². The van der Waals surface area contributed by atoms with Crippen molar-refractivity contribution < 1.29 is 9.59 Å². The molecule has 1 rings (SSSR count). The number of Topliss-reactive ketones (excluding diaryl/α,β-unsaturated/α-hetero) is 2. The zero-order chi connectivity index (χ0) is 17.1. The molecule has 0 atom stereocenters. The maximum absolute atomic E-state index is 12.4. The Morgan fingerprint density at radius 2 is 1.22 bits per heavy atom. The summed E-state index contributed by atoms with van der Waals surface area (Å²) >= 11 is 0. The molecule has 0 fully saturated rings. The fourth-order valence-corrected chi connectivity index (χ4v) is 3.20. The molecule has 0 aliphatic heterocycles. The van der Waals surface area contributed by atoms with Crippen LogP contribution in [0.3, 0.4) is 0 Å². The average molecular weight is 319 g/mol. The maximum Gasteiger partial charge on any atom is 0.169 e. The molecule has 2 nitrogen and oxygen atoms in total. The molecule has 0 unspecified atom stereocenters. The van der Waals surface area contributed by atoms with Gasteiger partial charge in [0.1, 0.15) is 0 Å². The Bertz CT molecular complexity index is 413. The minimum atomic E-state index is -0.438. The Labute approximate surface area is 142 Å². The Morgan fingerprint density at radius 3 is 1.70 bits per heavy atom. The standard InChI is InChI=1S/C21H34O2/c1-4-5-6-7-8-9-10-11-12-16-19-20(22)17(2)14-13-15-18(3)21(19)23/h14-15,19H,4-13,16H2,1-3H3. The molecule has 23 heavy (non-hydrogen) atoms. The van der Waals surface area contributed by atoms with Crippen LogP contribution in [0.4, 0.5) is 0 Å². The van der Waals surface area contributed by atoms with E-state index in [9.17, 15) is 9.59 Å². The first-order valence-electron chi connectivity index (χ1n) is 9.49. The Morgan fingerprint density at radius 1 is 0.783 bits per heavy atom. The number of rotatable bonds is 10.